The summed E-state index contributed by atoms with van der Waals surface area (Å²) >= 11 is 0. The molecule has 0 aromatic carbocycles. The van der Waals surface area contributed by atoms with Gasteiger partial charge in [0, 0.05) is 31.3 Å². The van der Waals surface area contributed by atoms with Gasteiger partial charge in [0.15, 0.2) is 11.5 Å². The molecule has 0 spiro atoms. The van der Waals surface area contributed by atoms with E-state index in [0.29, 0.717) is 19.0 Å². The fourth-order valence-corrected chi connectivity index (χ4v) is 3.98. The predicted molar refractivity (Wildman–Crippen MR) is 103 cm³/mol. The van der Waals surface area contributed by atoms with Crippen LogP contribution in [0.25, 0.3) is 11.5 Å². The van der Waals surface area contributed by atoms with Gasteiger partial charge in [-0.15, -0.1) is 0 Å². The third-order valence-corrected chi connectivity index (χ3v) is 5.55. The van der Waals surface area contributed by atoms with Crippen LogP contribution in [-0.4, -0.2) is 48.6 Å². The van der Waals surface area contributed by atoms with Gasteiger partial charge in [-0.3, -0.25) is 4.98 Å². The zero-order valence-electron chi connectivity index (χ0n) is 17.1. The summed E-state index contributed by atoms with van der Waals surface area (Å²) < 4.78 is 80.4. The van der Waals surface area contributed by atoms with Crippen molar-refractivity contribution in [1.82, 2.24) is 24.9 Å². The second-order valence-electron chi connectivity index (χ2n) is 8.53. The Morgan fingerprint density at radius 1 is 0.875 bits per heavy atom. The molecule has 13 heteroatoms. The molecule has 2 heterocycles. The van der Waals surface area contributed by atoms with Crippen molar-refractivity contribution in [1.29, 1.82) is 0 Å². The highest BCUT2D eigenvalue weighted by molar-refractivity contribution is 5.53. The molecule has 0 aliphatic heterocycles. The van der Waals surface area contributed by atoms with Crippen molar-refractivity contribution in [3.05, 3.63) is 18.1 Å². The molecule has 174 valence electrons. The van der Waals surface area contributed by atoms with Crippen LogP contribution in [0.3, 0.4) is 0 Å². The Kier molecular flexibility index (Phi) is 5.61. The number of nitrogens with zero attached hydrogens (tertiary/aromatic N) is 5. The first kappa shape index (κ1) is 22.5. The largest absolute Gasteiger partial charge is 0.434 e. The summed E-state index contributed by atoms with van der Waals surface area (Å²) in [5.74, 6) is -3.12. The molecule has 0 amide bonds. The second kappa shape index (κ2) is 8.00. The van der Waals surface area contributed by atoms with Crippen LogP contribution in [0.5, 0.6) is 0 Å². The van der Waals surface area contributed by atoms with E-state index in [2.05, 4.69) is 35.6 Å². The Balaban J connectivity index is 1.64. The molecule has 7 nitrogen and oxygen atoms in total. The van der Waals surface area contributed by atoms with Gasteiger partial charge in [0.1, 0.15) is 11.4 Å². The first-order valence-corrected chi connectivity index (χ1v) is 10.1. The molecule has 0 saturated heterocycles. The van der Waals surface area contributed by atoms with Crippen LogP contribution in [-0.2, 0) is 6.18 Å². The van der Waals surface area contributed by atoms with Crippen molar-refractivity contribution in [2.75, 3.05) is 10.6 Å². The quantitative estimate of drug-likeness (QED) is 0.627. The fourth-order valence-electron chi connectivity index (χ4n) is 3.98. The van der Waals surface area contributed by atoms with Crippen LogP contribution in [0.15, 0.2) is 12.4 Å². The summed E-state index contributed by atoms with van der Waals surface area (Å²) in [6.07, 6.45) is -2.55. The topological polar surface area (TPSA) is 88.5 Å². The highest BCUT2D eigenvalue weighted by Crippen LogP contribution is 2.37. The summed E-state index contributed by atoms with van der Waals surface area (Å²) in [5.41, 5.74) is -2.83. The number of anilines is 2. The van der Waals surface area contributed by atoms with Crippen molar-refractivity contribution in [2.45, 2.75) is 75.3 Å². The van der Waals surface area contributed by atoms with Gasteiger partial charge in [-0.05, 0) is 26.2 Å². The summed E-state index contributed by atoms with van der Waals surface area (Å²) in [4.78, 5) is 19.5. The average molecular weight is 461 g/mol. The number of alkyl halides is 6. The van der Waals surface area contributed by atoms with E-state index in [-0.39, 0.29) is 48.7 Å². The number of rotatable bonds is 5. The van der Waals surface area contributed by atoms with Crippen LogP contribution in [0, 0.1) is 0 Å². The average Bonchev–Trinajstić information content (AvgIpc) is 3.21. The van der Waals surface area contributed by atoms with Gasteiger partial charge in [-0.25, -0.2) is 18.2 Å². The zero-order chi connectivity index (χ0) is 23.1. The molecule has 2 N–H and O–H groups in total. The van der Waals surface area contributed by atoms with E-state index in [9.17, 15) is 26.3 Å². The standard InChI is InChI=1S/C19H21F6N7/c1-17(20)4-2-10(6-17)27-15-30-14(12-8-26-9-13(29-12)19(23,24)25)31-16(32-15)28-11-3-5-18(21,22)7-11/h8-11H,2-7H2,1H3,(H2,27,28,30,31,32). The molecule has 0 radical (unpaired) electrons. The molecule has 2 aliphatic rings. The highest BCUT2D eigenvalue weighted by atomic mass is 19.4. The molecule has 4 rings (SSSR count). The maximum Gasteiger partial charge on any atom is 0.434 e. The summed E-state index contributed by atoms with van der Waals surface area (Å²) in [6, 6.07) is -0.905. The molecule has 2 fully saturated rings. The lowest BCUT2D eigenvalue weighted by Gasteiger charge is -2.17. The van der Waals surface area contributed by atoms with Crippen molar-refractivity contribution in [3.8, 4) is 11.5 Å². The Bertz CT molecular complexity index is 935. The third kappa shape index (κ3) is 5.36. The number of halogens is 6. The van der Waals surface area contributed by atoms with Gasteiger partial charge in [0.2, 0.25) is 17.8 Å². The monoisotopic (exact) mass is 461 g/mol. The SMILES string of the molecule is CC1(F)CCC(Nc2nc(NC3CCC(F)(F)C3)nc(-c3cncc(C(F)(F)F)n3)n2)C1. The van der Waals surface area contributed by atoms with Crippen molar-refractivity contribution < 1.29 is 26.3 Å². The van der Waals surface area contributed by atoms with E-state index >= 15 is 0 Å². The van der Waals surface area contributed by atoms with E-state index in [0.717, 1.165) is 6.20 Å². The van der Waals surface area contributed by atoms with Gasteiger partial charge >= 0.3 is 6.18 Å². The lowest BCUT2D eigenvalue weighted by Crippen LogP contribution is -2.24. The molecule has 2 saturated carbocycles. The minimum atomic E-state index is -4.72. The molecule has 2 aromatic heterocycles. The molecule has 2 aromatic rings. The minimum absolute atomic E-state index is 0.0100. The normalized spacial score (nSPS) is 27.5. The number of nitrogens with one attached hydrogen (secondary N) is 2. The van der Waals surface area contributed by atoms with Gasteiger partial charge in [0.25, 0.3) is 0 Å². The third-order valence-electron chi connectivity index (χ3n) is 5.55. The molecule has 0 bridgehead atoms. The molecule has 3 atom stereocenters. The maximum absolute atomic E-state index is 14.2. The molecular formula is C19H21F6N7. The molecular weight excluding hydrogens is 440 g/mol. The Morgan fingerprint density at radius 3 is 2.03 bits per heavy atom. The molecule has 3 unspecified atom stereocenters. The Morgan fingerprint density at radius 2 is 1.50 bits per heavy atom. The van der Waals surface area contributed by atoms with Gasteiger partial charge in [-0.2, -0.15) is 28.1 Å². The van der Waals surface area contributed by atoms with Crippen LogP contribution in [0.2, 0.25) is 0 Å². The van der Waals surface area contributed by atoms with Crippen LogP contribution in [0.4, 0.5) is 38.2 Å². The second-order valence-corrected chi connectivity index (χ2v) is 8.53. The first-order valence-electron chi connectivity index (χ1n) is 10.1. The van der Waals surface area contributed by atoms with Crippen LogP contribution < -0.4 is 10.6 Å². The van der Waals surface area contributed by atoms with Crippen LogP contribution >= 0.6 is 0 Å². The van der Waals surface area contributed by atoms with E-state index < -0.39 is 35.9 Å². The van der Waals surface area contributed by atoms with Gasteiger partial charge in [0.05, 0.1) is 12.4 Å². The summed E-state index contributed by atoms with van der Waals surface area (Å²) in [7, 11) is 0. The van der Waals surface area contributed by atoms with E-state index in [1.807, 2.05) is 0 Å². The minimum Gasteiger partial charge on any atom is -0.351 e. The van der Waals surface area contributed by atoms with Gasteiger partial charge < -0.3 is 10.6 Å². The van der Waals surface area contributed by atoms with Gasteiger partial charge in [-0.1, -0.05) is 0 Å². The maximum atomic E-state index is 14.2. The first-order chi connectivity index (χ1) is 14.9. The van der Waals surface area contributed by atoms with E-state index in [1.165, 1.54) is 6.92 Å². The van der Waals surface area contributed by atoms with Crippen LogP contribution in [0.1, 0.15) is 51.1 Å². The zero-order valence-corrected chi connectivity index (χ0v) is 17.1. The Hall–Kier alpha value is -2.73. The number of hydrogen-bond acceptors (Lipinski definition) is 7. The number of hydrogen-bond donors (Lipinski definition) is 2. The van der Waals surface area contributed by atoms with Crippen molar-refractivity contribution in [3.63, 3.8) is 0 Å². The Labute approximate surface area is 179 Å². The summed E-state index contributed by atoms with van der Waals surface area (Å²) in [5, 5.41) is 5.78. The molecule has 2 aliphatic carbocycles. The predicted octanol–water partition coefficient (Wildman–Crippen LogP) is 4.64. The smallest absolute Gasteiger partial charge is 0.351 e. The van der Waals surface area contributed by atoms with E-state index in [4.69, 9.17) is 0 Å². The lowest BCUT2D eigenvalue weighted by atomic mass is 10.1. The number of aromatic nitrogens is 5. The highest BCUT2D eigenvalue weighted by Gasteiger charge is 2.40. The molecule has 32 heavy (non-hydrogen) atoms. The van der Waals surface area contributed by atoms with Crippen molar-refractivity contribution in [2.24, 2.45) is 0 Å². The summed E-state index contributed by atoms with van der Waals surface area (Å²) in [6.45, 7) is 1.49. The van der Waals surface area contributed by atoms with Crippen molar-refractivity contribution >= 4 is 11.9 Å². The lowest BCUT2D eigenvalue weighted by molar-refractivity contribution is -0.141. The van der Waals surface area contributed by atoms with E-state index in [1.54, 1.807) is 0 Å². The fraction of sp³-hybridized carbons (Fsp3) is 0.632.